The molecule has 0 saturated carbocycles. The van der Waals surface area contributed by atoms with Crippen molar-refractivity contribution in [2.24, 2.45) is 0 Å². The summed E-state index contributed by atoms with van der Waals surface area (Å²) < 4.78 is 26.5. The zero-order valence-electron chi connectivity index (χ0n) is 21.1. The standard InChI is InChI=1S/C25H48O7/c1-5-6-7-8-9-10-11-12-13-14-23(26)31-22-21-30-20-19-29-18-17-28-16-15-24(27)32-25(2,3)4/h5-22H2,1-4H3. The second-order valence-electron chi connectivity index (χ2n) is 8.97. The van der Waals surface area contributed by atoms with E-state index in [2.05, 4.69) is 6.92 Å². The maximum atomic E-state index is 11.7. The van der Waals surface area contributed by atoms with Crippen LogP contribution in [0.4, 0.5) is 0 Å². The fraction of sp³-hybridized carbons (Fsp3) is 0.920. The average Bonchev–Trinajstić information content (AvgIpc) is 2.72. The second-order valence-corrected chi connectivity index (χ2v) is 8.97. The molecular weight excluding hydrogens is 412 g/mol. The van der Waals surface area contributed by atoms with Gasteiger partial charge in [0.2, 0.25) is 0 Å². The lowest BCUT2D eigenvalue weighted by molar-refractivity contribution is -0.156. The first-order chi connectivity index (χ1) is 15.3. The van der Waals surface area contributed by atoms with Gasteiger partial charge in [-0.25, -0.2) is 0 Å². The lowest BCUT2D eigenvalue weighted by atomic mass is 10.1. The third kappa shape index (κ3) is 25.1. The van der Waals surface area contributed by atoms with Gasteiger partial charge in [-0.1, -0.05) is 58.3 Å². The van der Waals surface area contributed by atoms with Gasteiger partial charge in [-0.2, -0.15) is 0 Å². The quantitative estimate of drug-likeness (QED) is 0.162. The molecule has 0 spiro atoms. The first-order valence-corrected chi connectivity index (χ1v) is 12.5. The Morgan fingerprint density at radius 3 is 1.56 bits per heavy atom. The van der Waals surface area contributed by atoms with E-state index in [0.717, 1.165) is 12.8 Å². The second kappa shape index (κ2) is 21.7. The number of esters is 2. The molecule has 0 atom stereocenters. The van der Waals surface area contributed by atoms with Crippen molar-refractivity contribution >= 4 is 11.9 Å². The number of carbonyl (C=O) groups is 2. The van der Waals surface area contributed by atoms with E-state index in [0.29, 0.717) is 46.1 Å². The topological polar surface area (TPSA) is 80.3 Å². The number of unbranched alkanes of at least 4 members (excludes halogenated alkanes) is 8. The predicted molar refractivity (Wildman–Crippen MR) is 126 cm³/mol. The van der Waals surface area contributed by atoms with Crippen LogP contribution >= 0.6 is 0 Å². The van der Waals surface area contributed by atoms with Gasteiger partial charge in [0.25, 0.3) is 0 Å². The summed E-state index contributed by atoms with van der Waals surface area (Å²) in [5, 5.41) is 0. The number of hydrogen-bond donors (Lipinski definition) is 0. The third-order valence-electron chi connectivity index (χ3n) is 4.59. The minimum atomic E-state index is -0.467. The highest BCUT2D eigenvalue weighted by Gasteiger charge is 2.15. The molecule has 0 aliphatic carbocycles. The summed E-state index contributed by atoms with van der Waals surface area (Å²) >= 11 is 0. The molecule has 0 aromatic rings. The van der Waals surface area contributed by atoms with Gasteiger partial charge >= 0.3 is 11.9 Å². The lowest BCUT2D eigenvalue weighted by Crippen LogP contribution is -2.24. The van der Waals surface area contributed by atoms with E-state index < -0.39 is 5.60 Å². The summed E-state index contributed by atoms with van der Waals surface area (Å²) in [6.07, 6.45) is 11.8. The molecule has 7 heteroatoms. The fourth-order valence-corrected chi connectivity index (χ4v) is 2.96. The predicted octanol–water partition coefficient (Wildman–Crippen LogP) is 5.23. The molecule has 32 heavy (non-hydrogen) atoms. The molecule has 0 aliphatic rings. The van der Waals surface area contributed by atoms with Crippen LogP contribution in [0.1, 0.15) is 98.3 Å². The van der Waals surface area contributed by atoms with Gasteiger partial charge in [0.1, 0.15) is 12.2 Å². The van der Waals surface area contributed by atoms with Crippen molar-refractivity contribution in [2.45, 2.75) is 104 Å². The zero-order valence-corrected chi connectivity index (χ0v) is 21.1. The molecule has 0 aliphatic heterocycles. The fourth-order valence-electron chi connectivity index (χ4n) is 2.96. The van der Waals surface area contributed by atoms with E-state index in [1.54, 1.807) is 0 Å². The largest absolute Gasteiger partial charge is 0.463 e. The normalized spacial score (nSPS) is 11.5. The van der Waals surface area contributed by atoms with Gasteiger partial charge < -0.3 is 23.7 Å². The van der Waals surface area contributed by atoms with Crippen LogP contribution in [0, 0.1) is 0 Å². The van der Waals surface area contributed by atoms with Crippen molar-refractivity contribution in [2.75, 3.05) is 46.2 Å². The molecule has 0 unspecified atom stereocenters. The van der Waals surface area contributed by atoms with Crippen LogP contribution in [-0.4, -0.2) is 63.8 Å². The summed E-state index contributed by atoms with van der Waals surface area (Å²) in [6, 6.07) is 0. The highest BCUT2D eigenvalue weighted by molar-refractivity contribution is 5.70. The Balaban J connectivity index is 3.25. The molecular formula is C25H48O7. The van der Waals surface area contributed by atoms with Gasteiger partial charge in [-0.3, -0.25) is 9.59 Å². The van der Waals surface area contributed by atoms with Crippen molar-refractivity contribution in [3.63, 3.8) is 0 Å². The van der Waals surface area contributed by atoms with Gasteiger partial charge in [0.15, 0.2) is 0 Å². The Labute approximate surface area is 195 Å². The molecule has 0 fully saturated rings. The van der Waals surface area contributed by atoms with Crippen molar-refractivity contribution < 1.29 is 33.3 Å². The molecule has 7 nitrogen and oxygen atoms in total. The lowest BCUT2D eigenvalue weighted by Gasteiger charge is -2.19. The van der Waals surface area contributed by atoms with Crippen LogP contribution in [-0.2, 0) is 33.3 Å². The molecule has 0 aromatic carbocycles. The smallest absolute Gasteiger partial charge is 0.308 e. The Morgan fingerprint density at radius 1 is 0.562 bits per heavy atom. The highest BCUT2D eigenvalue weighted by atomic mass is 16.6. The van der Waals surface area contributed by atoms with E-state index in [1.807, 2.05) is 20.8 Å². The van der Waals surface area contributed by atoms with E-state index in [1.165, 1.54) is 44.9 Å². The average molecular weight is 461 g/mol. The third-order valence-corrected chi connectivity index (χ3v) is 4.59. The van der Waals surface area contributed by atoms with Gasteiger partial charge in [0.05, 0.1) is 46.1 Å². The van der Waals surface area contributed by atoms with Crippen LogP contribution in [0.3, 0.4) is 0 Å². The number of carbonyl (C=O) groups excluding carboxylic acids is 2. The summed E-state index contributed by atoms with van der Waals surface area (Å²) in [5.74, 6) is -0.406. The van der Waals surface area contributed by atoms with E-state index in [9.17, 15) is 9.59 Å². The van der Waals surface area contributed by atoms with E-state index in [4.69, 9.17) is 23.7 Å². The number of hydrogen-bond acceptors (Lipinski definition) is 7. The minimum Gasteiger partial charge on any atom is -0.463 e. The summed E-state index contributed by atoms with van der Waals surface area (Å²) in [6.45, 7) is 10.5. The summed E-state index contributed by atoms with van der Waals surface area (Å²) in [5.41, 5.74) is -0.467. The molecule has 0 rings (SSSR count). The molecule has 0 saturated heterocycles. The Bertz CT molecular complexity index is 446. The van der Waals surface area contributed by atoms with Crippen LogP contribution in [0.5, 0.6) is 0 Å². The summed E-state index contributed by atoms with van der Waals surface area (Å²) in [7, 11) is 0. The first kappa shape index (κ1) is 30.8. The Kier molecular flexibility index (Phi) is 20.9. The van der Waals surface area contributed by atoms with Gasteiger partial charge in [-0.15, -0.1) is 0 Å². The molecule has 190 valence electrons. The zero-order chi connectivity index (χ0) is 23.9. The SMILES string of the molecule is CCCCCCCCCCCC(=O)OCCOCCOCCOCCC(=O)OC(C)(C)C. The molecule has 0 amide bonds. The van der Waals surface area contributed by atoms with Gasteiger partial charge in [0, 0.05) is 6.42 Å². The molecule has 0 radical (unpaired) electrons. The Morgan fingerprint density at radius 2 is 1.03 bits per heavy atom. The number of rotatable bonds is 22. The Hall–Kier alpha value is -1.18. The van der Waals surface area contributed by atoms with Crippen molar-refractivity contribution in [1.82, 2.24) is 0 Å². The molecule has 0 aromatic heterocycles. The van der Waals surface area contributed by atoms with Crippen molar-refractivity contribution in [3.05, 3.63) is 0 Å². The first-order valence-electron chi connectivity index (χ1n) is 12.5. The van der Waals surface area contributed by atoms with Crippen molar-refractivity contribution in [3.8, 4) is 0 Å². The monoisotopic (exact) mass is 460 g/mol. The maximum absolute atomic E-state index is 11.7. The van der Waals surface area contributed by atoms with Crippen LogP contribution in [0.2, 0.25) is 0 Å². The minimum absolute atomic E-state index is 0.142. The molecule has 0 bridgehead atoms. The van der Waals surface area contributed by atoms with E-state index in [-0.39, 0.29) is 25.0 Å². The maximum Gasteiger partial charge on any atom is 0.308 e. The summed E-state index contributed by atoms with van der Waals surface area (Å²) in [4.78, 5) is 23.2. The molecule has 0 heterocycles. The van der Waals surface area contributed by atoms with Crippen LogP contribution in [0.25, 0.3) is 0 Å². The number of ether oxygens (including phenoxy) is 5. The van der Waals surface area contributed by atoms with Crippen LogP contribution < -0.4 is 0 Å². The van der Waals surface area contributed by atoms with Crippen molar-refractivity contribution in [1.29, 1.82) is 0 Å². The highest BCUT2D eigenvalue weighted by Crippen LogP contribution is 2.11. The van der Waals surface area contributed by atoms with Crippen LogP contribution in [0.15, 0.2) is 0 Å². The van der Waals surface area contributed by atoms with Gasteiger partial charge in [-0.05, 0) is 27.2 Å². The van der Waals surface area contributed by atoms with E-state index >= 15 is 0 Å². The molecule has 0 N–H and O–H groups in total.